The normalized spacial score (nSPS) is 8.88. The Morgan fingerprint density at radius 2 is 1.81 bits per heavy atom. The summed E-state index contributed by atoms with van der Waals surface area (Å²) in [4.78, 5) is 0. The van der Waals surface area contributed by atoms with E-state index in [4.69, 9.17) is 10.0 Å². The third kappa shape index (κ3) is 2.61. The number of aromatic nitrogens is 4. The summed E-state index contributed by atoms with van der Waals surface area (Å²) in [6.45, 7) is 0. The Morgan fingerprint density at radius 1 is 1.12 bits per heavy atom. The molecule has 1 heterocycles. The number of tetrazole rings is 1. The van der Waals surface area contributed by atoms with Crippen molar-refractivity contribution in [2.45, 2.75) is 0 Å². The van der Waals surface area contributed by atoms with Gasteiger partial charge in [-0.1, -0.05) is 24.3 Å². The van der Waals surface area contributed by atoms with Gasteiger partial charge in [-0.15, -0.1) is 10.2 Å². The topological polar surface area (TPSA) is 158 Å². The third-order valence-electron chi connectivity index (χ3n) is 1.83. The molecule has 0 amide bonds. The molecule has 1 aromatic carbocycles. The molecule has 7 N–H and O–H groups in total. The number of aromatic amines is 1. The first-order valence-electron chi connectivity index (χ1n) is 3.98. The molecule has 0 spiro atoms. The lowest BCUT2D eigenvalue weighted by Crippen LogP contribution is -2.31. The molecule has 9 heteroatoms. The van der Waals surface area contributed by atoms with Crippen molar-refractivity contribution in [3.63, 3.8) is 0 Å². The van der Waals surface area contributed by atoms with Crippen molar-refractivity contribution in [2.24, 2.45) is 0 Å². The van der Waals surface area contributed by atoms with Gasteiger partial charge in [0.15, 0.2) is 0 Å². The van der Waals surface area contributed by atoms with Crippen molar-refractivity contribution in [1.82, 2.24) is 20.6 Å². The van der Waals surface area contributed by atoms with Gasteiger partial charge in [0.05, 0.1) is 0 Å². The first-order valence-corrected chi connectivity index (χ1v) is 3.98. The van der Waals surface area contributed by atoms with Gasteiger partial charge in [-0.25, -0.2) is 0 Å². The fourth-order valence-electron chi connectivity index (χ4n) is 1.20. The van der Waals surface area contributed by atoms with Crippen LogP contribution >= 0.6 is 0 Å². The number of hydrogen-bond acceptors (Lipinski definition) is 5. The van der Waals surface area contributed by atoms with Gasteiger partial charge in [0.25, 0.3) is 0 Å². The van der Waals surface area contributed by atoms with E-state index in [1.165, 1.54) is 0 Å². The minimum absolute atomic E-state index is 0. The maximum Gasteiger partial charge on any atom is 0.489 e. The van der Waals surface area contributed by atoms with E-state index in [1.807, 2.05) is 0 Å². The molecule has 8 nitrogen and oxygen atoms in total. The molecule has 0 radical (unpaired) electrons. The standard InChI is InChI=1S/C7H7BN4O2.2H2O/c13-8(14)6-4-2-1-3-5(6)7-9-11-12-10-7;;/h1-4,13-14H,(H,9,10,11,12);2*1H2. The number of benzene rings is 1. The maximum atomic E-state index is 9.07. The highest BCUT2D eigenvalue weighted by atomic mass is 16.4. The second-order valence-electron chi connectivity index (χ2n) is 2.70. The molecular weight excluding hydrogens is 215 g/mol. The molecule has 2 aromatic rings. The fourth-order valence-corrected chi connectivity index (χ4v) is 1.20. The van der Waals surface area contributed by atoms with E-state index < -0.39 is 7.12 Å². The van der Waals surface area contributed by atoms with Crippen molar-refractivity contribution in [3.8, 4) is 11.4 Å². The zero-order valence-electron chi connectivity index (χ0n) is 8.12. The van der Waals surface area contributed by atoms with Crippen LogP contribution in [0.25, 0.3) is 11.4 Å². The fraction of sp³-hybridized carbons (Fsp3) is 0. The van der Waals surface area contributed by atoms with Crippen LogP contribution in [0.2, 0.25) is 0 Å². The van der Waals surface area contributed by atoms with Gasteiger partial charge in [0.1, 0.15) is 0 Å². The molecule has 0 unspecified atom stereocenters. The van der Waals surface area contributed by atoms with Crippen LogP contribution < -0.4 is 5.46 Å². The summed E-state index contributed by atoms with van der Waals surface area (Å²) in [5.74, 6) is 0.341. The number of rotatable bonds is 2. The summed E-state index contributed by atoms with van der Waals surface area (Å²) in [7, 11) is -1.54. The highest BCUT2D eigenvalue weighted by molar-refractivity contribution is 6.60. The van der Waals surface area contributed by atoms with E-state index in [1.54, 1.807) is 24.3 Å². The zero-order chi connectivity index (χ0) is 9.97. The van der Waals surface area contributed by atoms with Crippen LogP contribution in [-0.4, -0.2) is 48.7 Å². The van der Waals surface area contributed by atoms with E-state index in [0.717, 1.165) is 0 Å². The second kappa shape index (κ2) is 5.93. The lowest BCUT2D eigenvalue weighted by molar-refractivity contribution is 0.426. The molecule has 2 rings (SSSR count). The zero-order valence-corrected chi connectivity index (χ0v) is 8.12. The van der Waals surface area contributed by atoms with Crippen LogP contribution in [0.4, 0.5) is 0 Å². The van der Waals surface area contributed by atoms with Crippen molar-refractivity contribution < 1.29 is 21.0 Å². The molecular formula is C7H11BN4O4. The average Bonchev–Trinajstić information content (AvgIpc) is 2.70. The van der Waals surface area contributed by atoms with Gasteiger partial charge in [0, 0.05) is 5.56 Å². The predicted octanol–water partition coefficient (Wildman–Crippen LogP) is -3.10. The van der Waals surface area contributed by atoms with Crippen molar-refractivity contribution in [2.75, 3.05) is 0 Å². The molecule has 0 saturated heterocycles. The first-order chi connectivity index (χ1) is 6.79. The van der Waals surface area contributed by atoms with E-state index in [9.17, 15) is 0 Å². The number of nitrogens with one attached hydrogen (secondary N) is 1. The van der Waals surface area contributed by atoms with Gasteiger partial charge in [-0.05, 0) is 10.7 Å². The minimum Gasteiger partial charge on any atom is -0.423 e. The Morgan fingerprint density at radius 3 is 2.38 bits per heavy atom. The summed E-state index contributed by atoms with van der Waals surface area (Å²) in [6, 6.07) is 6.76. The summed E-state index contributed by atoms with van der Waals surface area (Å²) >= 11 is 0. The van der Waals surface area contributed by atoms with Crippen molar-refractivity contribution in [3.05, 3.63) is 24.3 Å². The van der Waals surface area contributed by atoms with Crippen LogP contribution in [0.5, 0.6) is 0 Å². The first kappa shape index (κ1) is 14.2. The molecule has 0 aliphatic rings. The Hall–Kier alpha value is -1.81. The van der Waals surface area contributed by atoms with Crippen LogP contribution in [0.3, 0.4) is 0 Å². The monoisotopic (exact) mass is 226 g/mol. The lowest BCUT2D eigenvalue weighted by Gasteiger charge is -2.03. The van der Waals surface area contributed by atoms with Gasteiger partial charge in [-0.2, -0.15) is 5.21 Å². The van der Waals surface area contributed by atoms with Gasteiger partial charge in [0.2, 0.25) is 5.82 Å². The Bertz CT molecular complexity index is 422. The SMILES string of the molecule is O.O.OB(O)c1ccccc1-c1nn[nH]n1. The molecule has 86 valence electrons. The molecule has 0 aliphatic heterocycles. The Kier molecular flexibility index (Phi) is 5.26. The van der Waals surface area contributed by atoms with E-state index in [0.29, 0.717) is 16.9 Å². The average molecular weight is 226 g/mol. The summed E-state index contributed by atoms with van der Waals surface area (Å²) in [5, 5.41) is 31.4. The largest absolute Gasteiger partial charge is 0.489 e. The summed E-state index contributed by atoms with van der Waals surface area (Å²) < 4.78 is 0. The van der Waals surface area contributed by atoms with Crippen molar-refractivity contribution >= 4 is 12.6 Å². The third-order valence-corrected chi connectivity index (χ3v) is 1.83. The highest BCUT2D eigenvalue weighted by Crippen LogP contribution is 2.09. The number of H-pyrrole nitrogens is 1. The smallest absolute Gasteiger partial charge is 0.423 e. The number of nitrogens with zero attached hydrogens (tertiary/aromatic N) is 3. The molecule has 1 aromatic heterocycles. The molecule has 0 saturated carbocycles. The molecule has 0 fully saturated rings. The lowest BCUT2D eigenvalue weighted by atomic mass is 9.77. The summed E-state index contributed by atoms with van der Waals surface area (Å²) in [5.41, 5.74) is 0.908. The molecule has 0 atom stereocenters. The predicted molar refractivity (Wildman–Crippen MR) is 56.7 cm³/mol. The molecule has 16 heavy (non-hydrogen) atoms. The van der Waals surface area contributed by atoms with Crippen LogP contribution in [0.1, 0.15) is 0 Å². The van der Waals surface area contributed by atoms with E-state index in [2.05, 4.69) is 20.6 Å². The van der Waals surface area contributed by atoms with Crippen molar-refractivity contribution in [1.29, 1.82) is 0 Å². The molecule has 0 bridgehead atoms. The summed E-state index contributed by atoms with van der Waals surface area (Å²) in [6.07, 6.45) is 0. The van der Waals surface area contributed by atoms with Crippen LogP contribution in [-0.2, 0) is 0 Å². The maximum absolute atomic E-state index is 9.07. The minimum atomic E-state index is -1.54. The Balaban J connectivity index is 0.00000112. The quantitative estimate of drug-likeness (QED) is 0.461. The Labute approximate surface area is 90.7 Å². The number of hydrogen-bond donors (Lipinski definition) is 3. The van der Waals surface area contributed by atoms with Gasteiger partial charge in [-0.3, -0.25) is 0 Å². The van der Waals surface area contributed by atoms with Crippen LogP contribution in [0, 0.1) is 0 Å². The van der Waals surface area contributed by atoms with Gasteiger partial charge < -0.3 is 21.0 Å². The van der Waals surface area contributed by atoms with Gasteiger partial charge >= 0.3 is 7.12 Å². The molecule has 0 aliphatic carbocycles. The van der Waals surface area contributed by atoms with E-state index >= 15 is 0 Å². The van der Waals surface area contributed by atoms with E-state index in [-0.39, 0.29) is 11.0 Å². The second-order valence-corrected chi connectivity index (χ2v) is 2.70. The highest BCUT2D eigenvalue weighted by Gasteiger charge is 2.18. The van der Waals surface area contributed by atoms with Crippen LogP contribution in [0.15, 0.2) is 24.3 Å².